The van der Waals surface area contributed by atoms with Gasteiger partial charge < -0.3 is 5.32 Å². The van der Waals surface area contributed by atoms with Crippen molar-refractivity contribution < 1.29 is 4.79 Å². The van der Waals surface area contributed by atoms with Crippen molar-refractivity contribution in [2.24, 2.45) is 0 Å². The Balaban J connectivity index is 2.48. The number of rotatable bonds is 7. The van der Waals surface area contributed by atoms with Gasteiger partial charge in [0.15, 0.2) is 0 Å². The highest BCUT2D eigenvalue weighted by atomic mass is 35.5. The first-order valence-electron chi connectivity index (χ1n) is 6.19. The number of aryl methyl sites for hydroxylation is 1. The van der Waals surface area contributed by atoms with Crippen LogP contribution in [0.3, 0.4) is 0 Å². The Morgan fingerprint density at radius 2 is 2.22 bits per heavy atom. The molecule has 0 radical (unpaired) electrons. The molecule has 0 aliphatic heterocycles. The Morgan fingerprint density at radius 3 is 2.89 bits per heavy atom. The molecular formula is C13H19ClN2OS. The molecule has 0 atom stereocenters. The van der Waals surface area contributed by atoms with E-state index in [0.717, 1.165) is 30.0 Å². The number of carbonyl (C=O) groups is 1. The normalized spacial score (nSPS) is 10.4. The van der Waals surface area contributed by atoms with E-state index in [1.54, 1.807) is 12.1 Å². The molecule has 0 bridgehead atoms. The minimum absolute atomic E-state index is 0.0736. The molecule has 0 unspecified atom stereocenters. The zero-order chi connectivity index (χ0) is 13.4. The smallest absolute Gasteiger partial charge is 0.251 e. The standard InChI is InChI=1S/C13H19ClN2OS/c1-3-11-8-10(9-12(14)16-11)13(17)15-6-5-7-18-4-2/h8-9H,3-7H2,1-2H3,(H,15,17). The Hall–Kier alpha value is -0.740. The maximum Gasteiger partial charge on any atom is 0.251 e. The highest BCUT2D eigenvalue weighted by Gasteiger charge is 2.08. The lowest BCUT2D eigenvalue weighted by Crippen LogP contribution is -2.25. The van der Waals surface area contributed by atoms with Gasteiger partial charge in [0.25, 0.3) is 5.91 Å². The largest absolute Gasteiger partial charge is 0.352 e. The second-order valence-electron chi connectivity index (χ2n) is 3.83. The number of halogens is 1. The second-order valence-corrected chi connectivity index (χ2v) is 5.61. The molecule has 18 heavy (non-hydrogen) atoms. The third-order valence-corrected chi connectivity index (χ3v) is 3.61. The number of thioether (sulfide) groups is 1. The number of hydrogen-bond donors (Lipinski definition) is 1. The van der Waals surface area contributed by atoms with Gasteiger partial charge in [-0.2, -0.15) is 11.8 Å². The lowest BCUT2D eigenvalue weighted by atomic mass is 10.2. The third-order valence-electron chi connectivity index (χ3n) is 2.43. The fourth-order valence-electron chi connectivity index (χ4n) is 1.49. The van der Waals surface area contributed by atoms with Crippen LogP contribution in [0.5, 0.6) is 0 Å². The number of nitrogens with one attached hydrogen (secondary N) is 1. The van der Waals surface area contributed by atoms with E-state index in [4.69, 9.17) is 11.6 Å². The Kier molecular flexibility index (Phi) is 7.13. The van der Waals surface area contributed by atoms with Gasteiger partial charge in [0.2, 0.25) is 0 Å². The van der Waals surface area contributed by atoms with Gasteiger partial charge in [-0.1, -0.05) is 25.4 Å². The van der Waals surface area contributed by atoms with Gasteiger partial charge in [-0.15, -0.1) is 0 Å². The Labute approximate surface area is 118 Å². The first-order valence-corrected chi connectivity index (χ1v) is 7.73. The molecular weight excluding hydrogens is 268 g/mol. The summed E-state index contributed by atoms with van der Waals surface area (Å²) in [6.45, 7) is 4.82. The Bertz CT molecular complexity index is 399. The quantitative estimate of drug-likeness (QED) is 0.618. The minimum Gasteiger partial charge on any atom is -0.352 e. The summed E-state index contributed by atoms with van der Waals surface area (Å²) >= 11 is 7.76. The number of amides is 1. The molecule has 1 N–H and O–H groups in total. The molecule has 0 aromatic carbocycles. The maximum atomic E-state index is 11.9. The summed E-state index contributed by atoms with van der Waals surface area (Å²) in [6, 6.07) is 3.40. The van der Waals surface area contributed by atoms with Crippen LogP contribution < -0.4 is 5.32 Å². The number of aromatic nitrogens is 1. The summed E-state index contributed by atoms with van der Waals surface area (Å²) in [6.07, 6.45) is 1.76. The van der Waals surface area contributed by atoms with Crippen molar-refractivity contribution in [2.75, 3.05) is 18.1 Å². The van der Waals surface area contributed by atoms with E-state index >= 15 is 0 Å². The van der Waals surface area contributed by atoms with Crippen molar-refractivity contribution >= 4 is 29.3 Å². The molecule has 1 aromatic heterocycles. The van der Waals surface area contributed by atoms with Crippen molar-refractivity contribution in [2.45, 2.75) is 26.7 Å². The first-order chi connectivity index (χ1) is 8.67. The van der Waals surface area contributed by atoms with Crippen molar-refractivity contribution in [1.82, 2.24) is 10.3 Å². The van der Waals surface area contributed by atoms with E-state index in [-0.39, 0.29) is 5.91 Å². The minimum atomic E-state index is -0.0736. The SMILES string of the molecule is CCSCCCNC(=O)c1cc(Cl)nc(CC)c1. The van der Waals surface area contributed by atoms with Crippen molar-refractivity contribution in [3.8, 4) is 0 Å². The molecule has 0 saturated heterocycles. The van der Waals surface area contributed by atoms with Gasteiger partial charge in [0.05, 0.1) is 0 Å². The van der Waals surface area contributed by atoms with E-state index in [2.05, 4.69) is 17.2 Å². The van der Waals surface area contributed by atoms with Crippen molar-refractivity contribution in [1.29, 1.82) is 0 Å². The topological polar surface area (TPSA) is 42.0 Å². The van der Waals surface area contributed by atoms with Gasteiger partial charge in [-0.25, -0.2) is 4.98 Å². The molecule has 1 heterocycles. The van der Waals surface area contributed by atoms with Gasteiger partial charge in [-0.05, 0) is 36.5 Å². The van der Waals surface area contributed by atoms with Gasteiger partial charge in [0.1, 0.15) is 5.15 Å². The van der Waals surface area contributed by atoms with E-state index in [0.29, 0.717) is 17.3 Å². The highest BCUT2D eigenvalue weighted by molar-refractivity contribution is 7.99. The van der Waals surface area contributed by atoms with Crippen molar-refractivity contribution in [3.63, 3.8) is 0 Å². The predicted molar refractivity (Wildman–Crippen MR) is 78.6 cm³/mol. The number of carbonyl (C=O) groups excluding carboxylic acids is 1. The second kappa shape index (κ2) is 8.38. The maximum absolute atomic E-state index is 11.9. The summed E-state index contributed by atoms with van der Waals surface area (Å²) in [5.41, 5.74) is 1.43. The molecule has 1 amide bonds. The zero-order valence-corrected chi connectivity index (χ0v) is 12.4. The van der Waals surface area contributed by atoms with Crippen molar-refractivity contribution in [3.05, 3.63) is 28.5 Å². The molecule has 100 valence electrons. The fourth-order valence-corrected chi connectivity index (χ4v) is 2.35. The molecule has 0 saturated carbocycles. The van der Waals surface area contributed by atoms with E-state index in [1.807, 2.05) is 18.7 Å². The lowest BCUT2D eigenvalue weighted by molar-refractivity contribution is 0.0953. The summed E-state index contributed by atoms with van der Waals surface area (Å²) in [4.78, 5) is 16.0. The van der Waals surface area contributed by atoms with Gasteiger partial charge in [-0.3, -0.25) is 4.79 Å². The zero-order valence-electron chi connectivity index (χ0n) is 10.8. The average molecular weight is 287 g/mol. The van der Waals surface area contributed by atoms with Gasteiger partial charge >= 0.3 is 0 Å². The van der Waals surface area contributed by atoms with E-state index < -0.39 is 0 Å². The summed E-state index contributed by atoms with van der Waals surface area (Å²) in [5.74, 6) is 2.12. The molecule has 0 fully saturated rings. The van der Waals surface area contributed by atoms with Crippen LogP contribution in [-0.4, -0.2) is 28.9 Å². The molecule has 0 aliphatic rings. The summed E-state index contributed by atoms with van der Waals surface area (Å²) in [7, 11) is 0. The molecule has 5 heteroatoms. The number of pyridine rings is 1. The van der Waals surface area contributed by atoms with Gasteiger partial charge in [0, 0.05) is 17.8 Å². The molecule has 0 spiro atoms. The number of hydrogen-bond acceptors (Lipinski definition) is 3. The van der Waals surface area contributed by atoms with E-state index in [1.165, 1.54) is 0 Å². The Morgan fingerprint density at radius 1 is 1.44 bits per heavy atom. The molecule has 1 aromatic rings. The average Bonchev–Trinajstić information content (AvgIpc) is 2.37. The predicted octanol–water partition coefficient (Wildman–Crippen LogP) is 3.17. The number of nitrogens with zero attached hydrogens (tertiary/aromatic N) is 1. The van der Waals surface area contributed by atoms with Crippen LogP contribution in [0.4, 0.5) is 0 Å². The molecule has 3 nitrogen and oxygen atoms in total. The van der Waals surface area contributed by atoms with Crippen LogP contribution in [-0.2, 0) is 6.42 Å². The molecule has 0 aliphatic carbocycles. The molecule has 1 rings (SSSR count). The van der Waals surface area contributed by atoms with Crippen LogP contribution in [0.1, 0.15) is 36.3 Å². The van der Waals surface area contributed by atoms with Crippen LogP contribution in [0.25, 0.3) is 0 Å². The third kappa shape index (κ3) is 5.27. The van der Waals surface area contributed by atoms with Crippen LogP contribution in [0.15, 0.2) is 12.1 Å². The highest BCUT2D eigenvalue weighted by Crippen LogP contribution is 2.11. The summed E-state index contributed by atoms with van der Waals surface area (Å²) < 4.78 is 0. The first kappa shape index (κ1) is 15.3. The summed E-state index contributed by atoms with van der Waals surface area (Å²) in [5, 5.41) is 3.27. The fraction of sp³-hybridized carbons (Fsp3) is 0.538. The lowest BCUT2D eigenvalue weighted by Gasteiger charge is -2.06. The van der Waals surface area contributed by atoms with Crippen LogP contribution in [0, 0.1) is 0 Å². The van der Waals surface area contributed by atoms with Crippen LogP contribution in [0.2, 0.25) is 5.15 Å². The van der Waals surface area contributed by atoms with Crippen LogP contribution >= 0.6 is 23.4 Å². The monoisotopic (exact) mass is 286 g/mol. The van der Waals surface area contributed by atoms with E-state index in [9.17, 15) is 4.79 Å².